The molecular formula is C23H29ClN8O. The molecular weight excluding hydrogens is 440 g/mol. The number of fused-ring (bicyclic) bond motifs is 1. The molecule has 0 spiro atoms. The van der Waals surface area contributed by atoms with Crippen LogP contribution in [0.2, 0.25) is 0 Å². The molecule has 2 aliphatic rings. The zero-order valence-electron chi connectivity index (χ0n) is 18.7. The molecule has 10 heteroatoms. The molecule has 0 unspecified atom stereocenters. The Labute approximate surface area is 198 Å². The Balaban J connectivity index is 1.29. The van der Waals surface area contributed by atoms with Gasteiger partial charge < -0.3 is 30.3 Å². The minimum absolute atomic E-state index is 0.0178. The fraction of sp³-hybridized carbons (Fsp3) is 0.435. The topological polar surface area (TPSA) is 92.4 Å². The Morgan fingerprint density at radius 1 is 1.12 bits per heavy atom. The van der Waals surface area contributed by atoms with Crippen molar-refractivity contribution in [1.29, 1.82) is 0 Å². The number of nitrogens with zero attached hydrogens (tertiary/aromatic N) is 5. The molecule has 2 fully saturated rings. The summed E-state index contributed by atoms with van der Waals surface area (Å²) in [5.74, 6) is 1.26. The van der Waals surface area contributed by atoms with E-state index >= 15 is 0 Å². The Morgan fingerprint density at radius 3 is 2.67 bits per heavy atom. The van der Waals surface area contributed by atoms with E-state index in [0.29, 0.717) is 19.0 Å². The Hall–Kier alpha value is -3.04. The molecule has 3 aromatic rings. The third kappa shape index (κ3) is 4.84. The number of nitrogens with one attached hydrogen (secondary N) is 3. The number of amides is 1. The van der Waals surface area contributed by atoms with Gasteiger partial charge in [0.25, 0.3) is 0 Å². The van der Waals surface area contributed by atoms with Crippen molar-refractivity contribution in [2.45, 2.75) is 12.5 Å². The number of hydrogen-bond donors (Lipinski definition) is 3. The molecule has 0 aliphatic carbocycles. The molecule has 2 aromatic heterocycles. The van der Waals surface area contributed by atoms with E-state index in [1.54, 1.807) is 4.90 Å². The molecule has 4 heterocycles. The molecule has 1 amide bonds. The maximum Gasteiger partial charge on any atom is 0.237 e. The van der Waals surface area contributed by atoms with Crippen LogP contribution < -0.4 is 15.5 Å². The second kappa shape index (κ2) is 9.44. The fourth-order valence-corrected chi connectivity index (χ4v) is 4.61. The standard InChI is InChI=1S/C23H29ClN8O/c1-30-10-12-31(13-11-30)18-4-2-16(3-5-18)27-23-28-21-19(6-8-25-21)22(29-23)26-17-7-9-32(15-17)20(33)14-24/h2-6,8,17H,7,9-15H2,1H3,(H3,25,26,27,28,29)/t17-/m1/s1. The monoisotopic (exact) mass is 468 g/mol. The van der Waals surface area contributed by atoms with Crippen LogP contribution in [0.3, 0.4) is 0 Å². The summed E-state index contributed by atoms with van der Waals surface area (Å²) in [4.78, 5) is 31.0. The number of likely N-dealkylation sites (tertiary alicyclic amines) is 1. The van der Waals surface area contributed by atoms with Crippen molar-refractivity contribution >= 4 is 51.7 Å². The number of aromatic nitrogens is 3. The number of rotatable bonds is 6. The van der Waals surface area contributed by atoms with Gasteiger partial charge in [-0.3, -0.25) is 4.79 Å². The number of halogens is 1. The third-order valence-electron chi connectivity index (χ3n) is 6.40. The second-order valence-corrected chi connectivity index (χ2v) is 8.97. The van der Waals surface area contributed by atoms with Gasteiger partial charge in [0.2, 0.25) is 11.9 Å². The normalized spacial score (nSPS) is 19.3. The highest BCUT2D eigenvalue weighted by molar-refractivity contribution is 6.27. The molecule has 0 radical (unpaired) electrons. The maximum atomic E-state index is 11.9. The summed E-state index contributed by atoms with van der Waals surface area (Å²) >= 11 is 5.71. The zero-order chi connectivity index (χ0) is 22.8. The molecule has 0 saturated carbocycles. The van der Waals surface area contributed by atoms with Gasteiger partial charge in [0.15, 0.2) is 0 Å². The lowest BCUT2D eigenvalue weighted by Gasteiger charge is -2.34. The first-order chi connectivity index (χ1) is 16.1. The lowest BCUT2D eigenvalue weighted by molar-refractivity contribution is -0.127. The van der Waals surface area contributed by atoms with Crippen molar-refractivity contribution in [3.63, 3.8) is 0 Å². The van der Waals surface area contributed by atoms with E-state index in [1.807, 2.05) is 12.3 Å². The summed E-state index contributed by atoms with van der Waals surface area (Å²) in [6.45, 7) is 5.57. The first kappa shape index (κ1) is 21.8. The average molecular weight is 469 g/mol. The lowest BCUT2D eigenvalue weighted by atomic mass is 10.2. The van der Waals surface area contributed by atoms with Gasteiger partial charge in [-0.15, -0.1) is 11.6 Å². The minimum atomic E-state index is -0.0298. The number of carbonyl (C=O) groups excluding carboxylic acids is 1. The highest BCUT2D eigenvalue weighted by Gasteiger charge is 2.26. The zero-order valence-corrected chi connectivity index (χ0v) is 19.5. The molecule has 2 saturated heterocycles. The molecule has 1 atom stereocenters. The van der Waals surface area contributed by atoms with Crippen LogP contribution in [0.25, 0.3) is 11.0 Å². The molecule has 5 rings (SSSR count). The minimum Gasteiger partial charge on any atom is -0.369 e. The molecule has 174 valence electrons. The van der Waals surface area contributed by atoms with E-state index in [4.69, 9.17) is 16.6 Å². The number of hydrogen-bond acceptors (Lipinski definition) is 7. The SMILES string of the molecule is CN1CCN(c2ccc(Nc3nc(N[C@@H]4CCN(C(=O)CCl)C4)c4cc[nH]c4n3)cc2)CC1. The Kier molecular flexibility index (Phi) is 6.24. The van der Waals surface area contributed by atoms with Gasteiger partial charge >= 0.3 is 0 Å². The highest BCUT2D eigenvalue weighted by Crippen LogP contribution is 2.26. The third-order valence-corrected chi connectivity index (χ3v) is 6.63. The number of likely N-dealkylation sites (N-methyl/N-ethyl adjacent to an activating group) is 1. The van der Waals surface area contributed by atoms with E-state index in [1.165, 1.54) is 5.69 Å². The summed E-state index contributed by atoms with van der Waals surface area (Å²) in [6.07, 6.45) is 2.71. The number of alkyl halides is 1. The van der Waals surface area contributed by atoms with E-state index in [2.05, 4.69) is 61.7 Å². The van der Waals surface area contributed by atoms with Crippen LogP contribution in [-0.4, -0.2) is 88.9 Å². The molecule has 2 aliphatic heterocycles. The predicted octanol–water partition coefficient (Wildman–Crippen LogP) is 2.70. The van der Waals surface area contributed by atoms with Crippen LogP contribution in [-0.2, 0) is 4.79 Å². The van der Waals surface area contributed by atoms with Gasteiger partial charge in [0.1, 0.15) is 17.3 Å². The number of piperazine rings is 1. The largest absolute Gasteiger partial charge is 0.369 e. The van der Waals surface area contributed by atoms with Crippen LogP contribution in [0.4, 0.5) is 23.1 Å². The number of aromatic amines is 1. The van der Waals surface area contributed by atoms with Gasteiger partial charge in [-0.25, -0.2) is 0 Å². The summed E-state index contributed by atoms with van der Waals surface area (Å²) in [5.41, 5.74) is 2.93. The smallest absolute Gasteiger partial charge is 0.237 e. The van der Waals surface area contributed by atoms with Crippen molar-refractivity contribution in [2.24, 2.45) is 0 Å². The number of carbonyl (C=O) groups is 1. The van der Waals surface area contributed by atoms with Crippen LogP contribution in [0.5, 0.6) is 0 Å². The number of benzene rings is 1. The first-order valence-electron chi connectivity index (χ1n) is 11.3. The van der Waals surface area contributed by atoms with Gasteiger partial charge in [0, 0.05) is 62.9 Å². The first-order valence-corrected chi connectivity index (χ1v) is 11.9. The van der Waals surface area contributed by atoms with Crippen molar-refractivity contribution in [1.82, 2.24) is 24.8 Å². The van der Waals surface area contributed by atoms with Crippen LogP contribution in [0, 0.1) is 0 Å². The Morgan fingerprint density at radius 2 is 1.91 bits per heavy atom. The van der Waals surface area contributed by atoms with Gasteiger partial charge in [-0.2, -0.15) is 9.97 Å². The van der Waals surface area contributed by atoms with Gasteiger partial charge in [0.05, 0.1) is 5.39 Å². The summed E-state index contributed by atoms with van der Waals surface area (Å²) in [7, 11) is 2.16. The molecule has 0 bridgehead atoms. The van der Waals surface area contributed by atoms with Crippen LogP contribution in [0.15, 0.2) is 36.5 Å². The molecule has 9 nitrogen and oxygen atoms in total. The molecule has 1 aromatic carbocycles. The number of anilines is 4. The Bertz CT molecular complexity index is 1110. The maximum absolute atomic E-state index is 11.9. The summed E-state index contributed by atoms with van der Waals surface area (Å²) in [5, 5.41) is 7.76. The van der Waals surface area contributed by atoms with E-state index in [0.717, 1.165) is 55.1 Å². The summed E-state index contributed by atoms with van der Waals surface area (Å²) < 4.78 is 0. The van der Waals surface area contributed by atoms with Crippen molar-refractivity contribution in [2.75, 3.05) is 67.7 Å². The van der Waals surface area contributed by atoms with Gasteiger partial charge in [-0.05, 0) is 43.8 Å². The van der Waals surface area contributed by atoms with Crippen LogP contribution in [0.1, 0.15) is 6.42 Å². The molecule has 33 heavy (non-hydrogen) atoms. The number of H-pyrrole nitrogens is 1. The lowest BCUT2D eigenvalue weighted by Crippen LogP contribution is -2.44. The predicted molar refractivity (Wildman–Crippen MR) is 133 cm³/mol. The van der Waals surface area contributed by atoms with Crippen LogP contribution >= 0.6 is 11.6 Å². The fourth-order valence-electron chi connectivity index (χ4n) is 4.44. The highest BCUT2D eigenvalue weighted by atomic mass is 35.5. The van der Waals surface area contributed by atoms with Crippen molar-refractivity contribution in [3.8, 4) is 0 Å². The average Bonchev–Trinajstić information content (AvgIpc) is 3.49. The summed E-state index contributed by atoms with van der Waals surface area (Å²) in [6, 6.07) is 10.5. The molecule has 3 N–H and O–H groups in total. The van der Waals surface area contributed by atoms with E-state index in [-0.39, 0.29) is 17.8 Å². The van der Waals surface area contributed by atoms with Crippen molar-refractivity contribution in [3.05, 3.63) is 36.5 Å². The van der Waals surface area contributed by atoms with Crippen molar-refractivity contribution < 1.29 is 4.79 Å². The van der Waals surface area contributed by atoms with E-state index in [9.17, 15) is 4.79 Å². The van der Waals surface area contributed by atoms with Gasteiger partial charge in [-0.1, -0.05) is 0 Å². The quantitative estimate of drug-likeness (QED) is 0.479. The second-order valence-electron chi connectivity index (χ2n) is 8.70. The van der Waals surface area contributed by atoms with E-state index < -0.39 is 0 Å².